The first-order valence-electron chi connectivity index (χ1n) is 7.65. The molecule has 0 saturated carbocycles. The lowest BCUT2D eigenvalue weighted by Gasteiger charge is -2.14. The summed E-state index contributed by atoms with van der Waals surface area (Å²) in [4.78, 5) is 12.3. The van der Waals surface area contributed by atoms with Gasteiger partial charge in [0.25, 0.3) is 0 Å². The van der Waals surface area contributed by atoms with Gasteiger partial charge in [-0.2, -0.15) is 0 Å². The number of hydrogen-bond acceptors (Lipinski definition) is 2. The van der Waals surface area contributed by atoms with Gasteiger partial charge in [0, 0.05) is 18.0 Å². The molecule has 1 aromatic carbocycles. The van der Waals surface area contributed by atoms with Crippen molar-refractivity contribution in [1.82, 2.24) is 5.32 Å². The molecule has 1 aromatic rings. The Bertz CT molecular complexity index is 388. The molecule has 1 heterocycles. The van der Waals surface area contributed by atoms with Crippen molar-refractivity contribution in [3.05, 3.63) is 35.4 Å². The standard InChI is InChI=1S/C17H25NO/c1-2-6-14-8-10-15(11-9-14)17(19)13-16-7-4-3-5-12-18-16/h8-11,16,18H,2-7,12-13H2,1H3. The highest BCUT2D eigenvalue weighted by atomic mass is 16.1. The maximum Gasteiger partial charge on any atom is 0.164 e. The molecule has 104 valence electrons. The van der Waals surface area contributed by atoms with E-state index in [2.05, 4.69) is 24.4 Å². The largest absolute Gasteiger partial charge is 0.314 e. The number of rotatable bonds is 5. The fourth-order valence-corrected chi connectivity index (χ4v) is 2.76. The van der Waals surface area contributed by atoms with Crippen LogP contribution in [-0.2, 0) is 6.42 Å². The molecule has 1 N–H and O–H groups in total. The molecule has 1 unspecified atom stereocenters. The van der Waals surface area contributed by atoms with Crippen molar-refractivity contribution in [2.75, 3.05) is 6.54 Å². The average Bonchev–Trinajstić information content (AvgIpc) is 2.68. The van der Waals surface area contributed by atoms with E-state index in [1.54, 1.807) is 0 Å². The van der Waals surface area contributed by atoms with E-state index in [9.17, 15) is 4.79 Å². The highest BCUT2D eigenvalue weighted by Crippen LogP contribution is 2.15. The van der Waals surface area contributed by atoms with Crippen LogP contribution in [0, 0.1) is 0 Å². The maximum absolute atomic E-state index is 12.3. The van der Waals surface area contributed by atoms with Crippen molar-refractivity contribution in [1.29, 1.82) is 0 Å². The van der Waals surface area contributed by atoms with Crippen molar-refractivity contribution < 1.29 is 4.79 Å². The van der Waals surface area contributed by atoms with E-state index < -0.39 is 0 Å². The van der Waals surface area contributed by atoms with Crippen LogP contribution < -0.4 is 5.32 Å². The Hall–Kier alpha value is -1.15. The van der Waals surface area contributed by atoms with Crippen LogP contribution in [0.1, 0.15) is 61.4 Å². The number of ketones is 1. The number of carbonyl (C=O) groups excluding carboxylic acids is 1. The molecule has 0 aromatic heterocycles. The minimum absolute atomic E-state index is 0.280. The molecule has 0 spiro atoms. The Morgan fingerprint density at radius 3 is 2.74 bits per heavy atom. The summed E-state index contributed by atoms with van der Waals surface area (Å²) in [6.45, 7) is 3.24. The van der Waals surface area contributed by atoms with Crippen LogP contribution in [-0.4, -0.2) is 18.4 Å². The first-order valence-corrected chi connectivity index (χ1v) is 7.65. The lowest BCUT2D eigenvalue weighted by Crippen LogP contribution is -2.30. The second kappa shape index (κ2) is 7.44. The smallest absolute Gasteiger partial charge is 0.164 e. The molecule has 0 amide bonds. The predicted molar refractivity (Wildman–Crippen MR) is 79.6 cm³/mol. The van der Waals surface area contributed by atoms with Gasteiger partial charge in [0.15, 0.2) is 5.78 Å². The molecule has 2 heteroatoms. The molecule has 0 aliphatic carbocycles. The summed E-state index contributed by atoms with van der Waals surface area (Å²) in [5, 5.41) is 3.49. The number of aryl methyl sites for hydroxylation is 1. The van der Waals surface area contributed by atoms with Crippen molar-refractivity contribution in [3.8, 4) is 0 Å². The highest BCUT2D eigenvalue weighted by Gasteiger charge is 2.16. The zero-order valence-corrected chi connectivity index (χ0v) is 12.0. The number of nitrogens with one attached hydrogen (secondary N) is 1. The predicted octanol–water partition coefficient (Wildman–Crippen LogP) is 3.74. The van der Waals surface area contributed by atoms with Gasteiger partial charge in [0.2, 0.25) is 0 Å². The summed E-state index contributed by atoms with van der Waals surface area (Å²) in [7, 11) is 0. The van der Waals surface area contributed by atoms with Gasteiger partial charge in [-0.3, -0.25) is 4.79 Å². The molecule has 1 aliphatic heterocycles. The fourth-order valence-electron chi connectivity index (χ4n) is 2.76. The van der Waals surface area contributed by atoms with Crippen LogP contribution in [0.25, 0.3) is 0 Å². The Labute approximate surface area is 116 Å². The third-order valence-electron chi connectivity index (χ3n) is 3.91. The van der Waals surface area contributed by atoms with Gasteiger partial charge in [-0.05, 0) is 31.4 Å². The number of benzene rings is 1. The van der Waals surface area contributed by atoms with Gasteiger partial charge in [0.1, 0.15) is 0 Å². The summed E-state index contributed by atoms with van der Waals surface area (Å²) < 4.78 is 0. The Kier molecular flexibility index (Phi) is 5.59. The molecule has 2 rings (SSSR count). The normalized spacial score (nSPS) is 19.9. The molecular weight excluding hydrogens is 234 g/mol. The quantitative estimate of drug-likeness (QED) is 0.816. The number of Topliss-reactive ketones (excluding diaryl/α,β-unsaturated/α-hetero) is 1. The molecular formula is C17H25NO. The van der Waals surface area contributed by atoms with Crippen molar-refractivity contribution in [2.24, 2.45) is 0 Å². The summed E-state index contributed by atoms with van der Waals surface area (Å²) >= 11 is 0. The van der Waals surface area contributed by atoms with E-state index >= 15 is 0 Å². The molecule has 2 nitrogen and oxygen atoms in total. The van der Waals surface area contributed by atoms with Crippen molar-refractivity contribution >= 4 is 5.78 Å². The zero-order valence-electron chi connectivity index (χ0n) is 12.0. The van der Waals surface area contributed by atoms with Crippen LogP contribution in [0.5, 0.6) is 0 Å². The van der Waals surface area contributed by atoms with Gasteiger partial charge in [0.05, 0.1) is 0 Å². The average molecular weight is 259 g/mol. The number of hydrogen-bond donors (Lipinski definition) is 1. The van der Waals surface area contributed by atoms with Gasteiger partial charge >= 0.3 is 0 Å². The molecule has 0 bridgehead atoms. The maximum atomic E-state index is 12.3. The summed E-state index contributed by atoms with van der Waals surface area (Å²) in [6, 6.07) is 8.55. The topological polar surface area (TPSA) is 29.1 Å². The van der Waals surface area contributed by atoms with E-state index in [0.717, 1.165) is 31.4 Å². The second-order valence-electron chi connectivity index (χ2n) is 5.57. The third kappa shape index (κ3) is 4.46. The van der Waals surface area contributed by atoms with Crippen LogP contribution >= 0.6 is 0 Å². The van der Waals surface area contributed by atoms with Gasteiger partial charge < -0.3 is 5.32 Å². The Morgan fingerprint density at radius 2 is 2.00 bits per heavy atom. The fraction of sp³-hybridized carbons (Fsp3) is 0.588. The van der Waals surface area contributed by atoms with Gasteiger partial charge in [-0.1, -0.05) is 50.5 Å². The second-order valence-corrected chi connectivity index (χ2v) is 5.57. The van der Waals surface area contributed by atoms with Crippen LogP contribution in [0.2, 0.25) is 0 Å². The lowest BCUT2D eigenvalue weighted by molar-refractivity contribution is 0.0968. The van der Waals surface area contributed by atoms with Gasteiger partial charge in [-0.25, -0.2) is 0 Å². The van der Waals surface area contributed by atoms with E-state index in [1.165, 1.54) is 24.8 Å². The first-order chi connectivity index (χ1) is 9.29. The van der Waals surface area contributed by atoms with E-state index in [1.807, 2.05) is 12.1 Å². The SMILES string of the molecule is CCCc1ccc(C(=O)CC2CCCCCN2)cc1. The minimum atomic E-state index is 0.280. The molecule has 1 fully saturated rings. The van der Waals surface area contributed by atoms with E-state index in [0.29, 0.717) is 12.5 Å². The van der Waals surface area contributed by atoms with Crippen LogP contribution in [0.4, 0.5) is 0 Å². The molecule has 1 atom stereocenters. The molecule has 1 aliphatic rings. The summed E-state index contributed by atoms with van der Waals surface area (Å²) in [5.41, 5.74) is 2.19. The minimum Gasteiger partial charge on any atom is -0.314 e. The Morgan fingerprint density at radius 1 is 1.21 bits per heavy atom. The molecule has 1 saturated heterocycles. The van der Waals surface area contributed by atoms with Crippen molar-refractivity contribution in [2.45, 2.75) is 57.9 Å². The van der Waals surface area contributed by atoms with Gasteiger partial charge in [-0.15, -0.1) is 0 Å². The van der Waals surface area contributed by atoms with Crippen LogP contribution in [0.15, 0.2) is 24.3 Å². The molecule has 0 radical (unpaired) electrons. The highest BCUT2D eigenvalue weighted by molar-refractivity contribution is 5.96. The summed E-state index contributed by atoms with van der Waals surface area (Å²) in [6.07, 6.45) is 7.82. The number of carbonyl (C=O) groups is 1. The van der Waals surface area contributed by atoms with E-state index in [4.69, 9.17) is 0 Å². The lowest BCUT2D eigenvalue weighted by atomic mass is 9.99. The Balaban J connectivity index is 1.91. The first kappa shape index (κ1) is 14.3. The molecule has 19 heavy (non-hydrogen) atoms. The van der Waals surface area contributed by atoms with Crippen LogP contribution in [0.3, 0.4) is 0 Å². The van der Waals surface area contributed by atoms with Crippen molar-refractivity contribution in [3.63, 3.8) is 0 Å². The zero-order chi connectivity index (χ0) is 13.5. The monoisotopic (exact) mass is 259 g/mol. The summed E-state index contributed by atoms with van der Waals surface area (Å²) in [5.74, 6) is 0.280. The third-order valence-corrected chi connectivity index (χ3v) is 3.91. The van der Waals surface area contributed by atoms with E-state index in [-0.39, 0.29) is 5.78 Å².